The van der Waals surface area contributed by atoms with Crippen LogP contribution in [0.2, 0.25) is 0 Å². The quantitative estimate of drug-likeness (QED) is 0.744. The van der Waals surface area contributed by atoms with Crippen LogP contribution in [0.3, 0.4) is 0 Å². The third kappa shape index (κ3) is 3.72. The van der Waals surface area contributed by atoms with Gasteiger partial charge in [0.15, 0.2) is 0 Å². The SMILES string of the molecule is O=C(O)N[C@@H]1CCN(c2ncc(C(F)(F)F)cn2)C[C@@H]1O. The average Bonchev–Trinajstić information content (AvgIpc) is 2.40. The van der Waals surface area contributed by atoms with Gasteiger partial charge in [-0.2, -0.15) is 13.2 Å². The van der Waals surface area contributed by atoms with Gasteiger partial charge >= 0.3 is 12.3 Å². The fraction of sp³-hybridized carbons (Fsp3) is 0.545. The van der Waals surface area contributed by atoms with Crippen LogP contribution in [0.1, 0.15) is 12.0 Å². The van der Waals surface area contributed by atoms with Crippen LogP contribution in [0.15, 0.2) is 12.4 Å². The van der Waals surface area contributed by atoms with Crippen LogP contribution in [0.4, 0.5) is 23.9 Å². The minimum Gasteiger partial charge on any atom is -0.465 e. The van der Waals surface area contributed by atoms with Crippen molar-refractivity contribution in [1.82, 2.24) is 15.3 Å². The zero-order valence-electron chi connectivity index (χ0n) is 10.7. The molecule has 2 heterocycles. The molecule has 2 atom stereocenters. The summed E-state index contributed by atoms with van der Waals surface area (Å²) in [5.74, 6) is 0.0656. The number of halogens is 3. The summed E-state index contributed by atoms with van der Waals surface area (Å²) in [6.45, 7) is 0.365. The Balaban J connectivity index is 2.02. The summed E-state index contributed by atoms with van der Waals surface area (Å²) in [4.78, 5) is 19.3. The van der Waals surface area contributed by atoms with Gasteiger partial charge < -0.3 is 20.4 Å². The highest BCUT2D eigenvalue weighted by Crippen LogP contribution is 2.28. The van der Waals surface area contributed by atoms with E-state index in [1.165, 1.54) is 4.90 Å². The number of aliphatic hydroxyl groups is 1. The van der Waals surface area contributed by atoms with Gasteiger partial charge in [0.2, 0.25) is 5.95 Å². The van der Waals surface area contributed by atoms with E-state index in [1.807, 2.05) is 0 Å². The van der Waals surface area contributed by atoms with Gasteiger partial charge in [-0.1, -0.05) is 0 Å². The fourth-order valence-electron chi connectivity index (χ4n) is 2.07. The first kappa shape index (κ1) is 15.3. The van der Waals surface area contributed by atoms with Crippen molar-refractivity contribution in [2.24, 2.45) is 0 Å². The highest BCUT2D eigenvalue weighted by Gasteiger charge is 2.33. The molecule has 21 heavy (non-hydrogen) atoms. The lowest BCUT2D eigenvalue weighted by atomic mass is 10.0. The molecule has 2 rings (SSSR count). The second kappa shape index (κ2) is 5.72. The maximum absolute atomic E-state index is 12.4. The van der Waals surface area contributed by atoms with E-state index < -0.39 is 30.0 Å². The van der Waals surface area contributed by atoms with Crippen molar-refractivity contribution in [3.63, 3.8) is 0 Å². The summed E-state index contributed by atoms with van der Waals surface area (Å²) in [6, 6.07) is -0.617. The minimum atomic E-state index is -4.50. The first-order valence-electron chi connectivity index (χ1n) is 6.09. The molecule has 116 valence electrons. The number of aliphatic hydroxyl groups excluding tert-OH is 1. The number of hydrogen-bond acceptors (Lipinski definition) is 5. The molecule has 1 fully saturated rings. The van der Waals surface area contributed by atoms with Crippen LogP contribution in [0, 0.1) is 0 Å². The van der Waals surface area contributed by atoms with Gasteiger partial charge in [-0.3, -0.25) is 0 Å². The van der Waals surface area contributed by atoms with Gasteiger partial charge in [0, 0.05) is 25.5 Å². The highest BCUT2D eigenvalue weighted by molar-refractivity contribution is 5.65. The number of nitrogens with one attached hydrogen (secondary N) is 1. The van der Waals surface area contributed by atoms with Crippen LogP contribution in [0.25, 0.3) is 0 Å². The average molecular weight is 306 g/mol. The molecule has 0 unspecified atom stereocenters. The van der Waals surface area contributed by atoms with E-state index in [9.17, 15) is 23.1 Å². The Hall–Kier alpha value is -2.10. The number of alkyl halides is 3. The van der Waals surface area contributed by atoms with Gasteiger partial charge in [-0.25, -0.2) is 14.8 Å². The molecule has 0 aromatic carbocycles. The normalized spacial score (nSPS) is 23.0. The molecular formula is C11H13F3N4O3. The summed E-state index contributed by atoms with van der Waals surface area (Å²) in [5.41, 5.74) is -0.950. The number of β-amino-alcohol motifs (C(OH)–C–C–N with tert-alkyl or cyclic N) is 1. The van der Waals surface area contributed by atoms with Crippen molar-refractivity contribution in [3.8, 4) is 0 Å². The first-order chi connectivity index (χ1) is 9.77. The zero-order valence-corrected chi connectivity index (χ0v) is 10.7. The molecular weight excluding hydrogens is 293 g/mol. The van der Waals surface area contributed by atoms with Crippen molar-refractivity contribution in [3.05, 3.63) is 18.0 Å². The maximum atomic E-state index is 12.4. The van der Waals surface area contributed by atoms with Crippen LogP contribution >= 0.6 is 0 Å². The Morgan fingerprint density at radius 3 is 2.48 bits per heavy atom. The van der Waals surface area contributed by atoms with Crippen molar-refractivity contribution in [2.75, 3.05) is 18.0 Å². The summed E-state index contributed by atoms with van der Waals surface area (Å²) in [7, 11) is 0. The van der Waals surface area contributed by atoms with Crippen LogP contribution in [-0.2, 0) is 6.18 Å². The molecule has 3 N–H and O–H groups in total. The smallest absolute Gasteiger partial charge is 0.419 e. The molecule has 1 aliphatic rings. The van der Waals surface area contributed by atoms with E-state index in [1.54, 1.807) is 0 Å². The molecule has 7 nitrogen and oxygen atoms in total. The molecule has 1 aromatic rings. The summed E-state index contributed by atoms with van der Waals surface area (Å²) in [6.07, 6.45) is -5.07. The molecule has 0 saturated carbocycles. The number of amides is 1. The number of hydrogen-bond donors (Lipinski definition) is 3. The second-order valence-electron chi connectivity index (χ2n) is 4.63. The second-order valence-corrected chi connectivity index (χ2v) is 4.63. The topological polar surface area (TPSA) is 98.6 Å². The van der Waals surface area contributed by atoms with E-state index >= 15 is 0 Å². The van der Waals surface area contributed by atoms with Crippen LogP contribution < -0.4 is 10.2 Å². The van der Waals surface area contributed by atoms with Gasteiger partial charge in [-0.05, 0) is 6.42 Å². The number of carbonyl (C=O) groups is 1. The molecule has 0 spiro atoms. The third-order valence-corrected chi connectivity index (χ3v) is 3.14. The van der Waals surface area contributed by atoms with E-state index in [-0.39, 0.29) is 12.5 Å². The molecule has 1 aromatic heterocycles. The minimum absolute atomic E-state index is 0.0380. The molecule has 0 radical (unpaired) electrons. The molecule has 1 amide bonds. The predicted octanol–water partition coefficient (Wildman–Crippen LogP) is 0.703. The lowest BCUT2D eigenvalue weighted by Gasteiger charge is -2.35. The molecule has 0 bridgehead atoms. The van der Waals surface area contributed by atoms with Gasteiger partial charge in [0.1, 0.15) is 0 Å². The Morgan fingerprint density at radius 1 is 1.38 bits per heavy atom. The Labute approximate surface area is 117 Å². The van der Waals surface area contributed by atoms with Crippen molar-refractivity contribution < 1.29 is 28.2 Å². The van der Waals surface area contributed by atoms with E-state index in [4.69, 9.17) is 5.11 Å². The van der Waals surface area contributed by atoms with Crippen molar-refractivity contribution in [1.29, 1.82) is 0 Å². The van der Waals surface area contributed by atoms with E-state index in [0.717, 1.165) is 0 Å². The lowest BCUT2D eigenvalue weighted by molar-refractivity contribution is -0.138. The largest absolute Gasteiger partial charge is 0.465 e. The first-order valence-corrected chi connectivity index (χ1v) is 6.09. The van der Waals surface area contributed by atoms with Gasteiger partial charge in [0.05, 0.1) is 17.7 Å². The van der Waals surface area contributed by atoms with Gasteiger partial charge in [-0.15, -0.1) is 0 Å². The third-order valence-electron chi connectivity index (χ3n) is 3.14. The molecule has 0 aliphatic carbocycles. The van der Waals surface area contributed by atoms with Crippen LogP contribution in [0.5, 0.6) is 0 Å². The summed E-state index contributed by atoms with van der Waals surface area (Å²) < 4.78 is 37.2. The molecule has 1 saturated heterocycles. The number of nitrogens with zero attached hydrogens (tertiary/aromatic N) is 3. The predicted molar refractivity (Wildman–Crippen MR) is 64.8 cm³/mol. The molecule has 1 aliphatic heterocycles. The summed E-state index contributed by atoms with van der Waals surface area (Å²) in [5, 5.41) is 20.6. The number of rotatable bonds is 2. The Morgan fingerprint density at radius 2 is 2.00 bits per heavy atom. The zero-order chi connectivity index (χ0) is 15.6. The van der Waals surface area contributed by atoms with E-state index in [0.29, 0.717) is 25.4 Å². The standard InChI is InChI=1S/C11H13F3N4O3/c12-11(13,14)6-3-15-9(16-4-6)18-2-1-7(8(19)5-18)17-10(20)21/h3-4,7-8,17,19H,1-2,5H2,(H,20,21)/t7-,8+/m1/s1. The monoisotopic (exact) mass is 306 g/mol. The number of carboxylic acid groups (broad SMARTS) is 1. The Bertz CT molecular complexity index is 508. The van der Waals surface area contributed by atoms with E-state index in [2.05, 4.69) is 15.3 Å². The van der Waals surface area contributed by atoms with Crippen molar-refractivity contribution in [2.45, 2.75) is 24.7 Å². The number of aromatic nitrogens is 2. The lowest BCUT2D eigenvalue weighted by Crippen LogP contribution is -2.54. The number of piperidine rings is 1. The maximum Gasteiger partial charge on any atom is 0.419 e. The molecule has 10 heteroatoms. The van der Waals surface area contributed by atoms with Crippen molar-refractivity contribution >= 4 is 12.0 Å². The highest BCUT2D eigenvalue weighted by atomic mass is 19.4. The fourth-order valence-corrected chi connectivity index (χ4v) is 2.07. The van der Waals surface area contributed by atoms with Gasteiger partial charge in [0.25, 0.3) is 0 Å². The van der Waals surface area contributed by atoms with Crippen LogP contribution in [-0.4, -0.2) is 51.5 Å². The summed E-state index contributed by atoms with van der Waals surface area (Å²) >= 11 is 0. The Kier molecular flexibility index (Phi) is 4.16. The number of anilines is 1.